The first kappa shape index (κ1) is 18.1. The van der Waals surface area contributed by atoms with Gasteiger partial charge in [-0.2, -0.15) is 0 Å². The van der Waals surface area contributed by atoms with Gasteiger partial charge in [0.1, 0.15) is 11.1 Å². The van der Waals surface area contributed by atoms with Crippen LogP contribution in [0.3, 0.4) is 0 Å². The van der Waals surface area contributed by atoms with E-state index in [1.165, 1.54) is 11.3 Å². The third-order valence-electron chi connectivity index (χ3n) is 3.56. The summed E-state index contributed by atoms with van der Waals surface area (Å²) in [6.07, 6.45) is 0.183. The van der Waals surface area contributed by atoms with E-state index in [4.69, 9.17) is 4.74 Å². The Bertz CT molecular complexity index is 458. The molecule has 1 amide bonds. The minimum absolute atomic E-state index is 0.0431. The zero-order valence-corrected chi connectivity index (χ0v) is 14.3. The molecular formula is C15H26N2O3S. The van der Waals surface area contributed by atoms with Crippen molar-refractivity contribution in [2.75, 3.05) is 13.2 Å². The zero-order chi connectivity index (χ0) is 16.0. The van der Waals surface area contributed by atoms with Crippen molar-refractivity contribution in [1.29, 1.82) is 0 Å². The summed E-state index contributed by atoms with van der Waals surface area (Å²) in [5, 5.41) is 15.6. The van der Waals surface area contributed by atoms with Crippen molar-refractivity contribution in [2.45, 2.75) is 52.7 Å². The Morgan fingerprint density at radius 2 is 2.19 bits per heavy atom. The van der Waals surface area contributed by atoms with Crippen LogP contribution in [0.2, 0.25) is 0 Å². The molecular weight excluding hydrogens is 288 g/mol. The lowest BCUT2D eigenvalue weighted by Crippen LogP contribution is -2.44. The van der Waals surface area contributed by atoms with Crippen LogP contribution in [0, 0.1) is 5.92 Å². The molecule has 0 fully saturated rings. The van der Waals surface area contributed by atoms with E-state index in [1.807, 2.05) is 33.1 Å². The molecule has 6 heteroatoms. The highest BCUT2D eigenvalue weighted by Gasteiger charge is 2.25. The molecule has 1 rings (SSSR count). The number of thiazole rings is 1. The quantitative estimate of drug-likeness (QED) is 0.772. The van der Waals surface area contributed by atoms with Crippen molar-refractivity contribution in [3.8, 4) is 0 Å². The Balaban J connectivity index is 2.49. The summed E-state index contributed by atoms with van der Waals surface area (Å²) in [5.74, 6) is -0.0486. The maximum absolute atomic E-state index is 11.9. The second kappa shape index (κ2) is 7.87. The Morgan fingerprint density at radius 3 is 2.76 bits per heavy atom. The Morgan fingerprint density at radius 1 is 1.52 bits per heavy atom. The molecule has 0 saturated heterocycles. The average molecular weight is 314 g/mol. The van der Waals surface area contributed by atoms with Gasteiger partial charge in [0.25, 0.3) is 0 Å². The fraction of sp³-hybridized carbons (Fsp3) is 0.733. The van der Waals surface area contributed by atoms with E-state index in [9.17, 15) is 9.90 Å². The number of nitrogens with zero attached hydrogens (tertiary/aromatic N) is 1. The van der Waals surface area contributed by atoms with Crippen LogP contribution in [-0.2, 0) is 16.0 Å². The van der Waals surface area contributed by atoms with Gasteiger partial charge in [-0.3, -0.25) is 4.79 Å². The van der Waals surface area contributed by atoms with Gasteiger partial charge < -0.3 is 15.2 Å². The molecule has 0 aliphatic carbocycles. The zero-order valence-electron chi connectivity index (χ0n) is 13.5. The molecule has 0 saturated carbocycles. The number of aromatic nitrogens is 1. The van der Waals surface area contributed by atoms with E-state index >= 15 is 0 Å². The molecule has 0 aliphatic heterocycles. The molecule has 2 N–H and O–H groups in total. The lowest BCUT2D eigenvalue weighted by atomic mass is 9.92. The molecule has 0 spiro atoms. The third-order valence-corrected chi connectivity index (χ3v) is 4.62. The SMILES string of the molecule is CCOC(C)c1nc(CC(=O)NCC(C)(O)C(C)C)cs1. The van der Waals surface area contributed by atoms with Crippen LogP contribution in [0.5, 0.6) is 0 Å². The molecule has 0 aromatic carbocycles. The van der Waals surface area contributed by atoms with Gasteiger partial charge >= 0.3 is 0 Å². The molecule has 1 aromatic heterocycles. The predicted octanol–water partition coefficient (Wildman–Crippen LogP) is 2.31. The number of hydrogen-bond donors (Lipinski definition) is 2. The van der Waals surface area contributed by atoms with Crippen molar-refractivity contribution < 1.29 is 14.6 Å². The molecule has 0 aliphatic rings. The van der Waals surface area contributed by atoms with Gasteiger partial charge in [0.05, 0.1) is 17.7 Å². The van der Waals surface area contributed by atoms with Crippen LogP contribution in [0.4, 0.5) is 0 Å². The van der Waals surface area contributed by atoms with E-state index in [1.54, 1.807) is 6.92 Å². The summed E-state index contributed by atoms with van der Waals surface area (Å²) >= 11 is 1.50. The maximum atomic E-state index is 11.9. The van der Waals surface area contributed by atoms with Gasteiger partial charge in [0.15, 0.2) is 0 Å². The molecule has 1 aromatic rings. The molecule has 2 atom stereocenters. The van der Waals surface area contributed by atoms with Crippen LogP contribution in [0.1, 0.15) is 51.4 Å². The van der Waals surface area contributed by atoms with Gasteiger partial charge in [-0.1, -0.05) is 13.8 Å². The number of carbonyl (C=O) groups excluding carboxylic acids is 1. The van der Waals surface area contributed by atoms with Crippen LogP contribution < -0.4 is 5.32 Å². The Labute approximate surface area is 130 Å². The van der Waals surface area contributed by atoms with Gasteiger partial charge in [-0.25, -0.2) is 4.98 Å². The first-order valence-corrected chi connectivity index (χ1v) is 8.19. The highest BCUT2D eigenvalue weighted by atomic mass is 32.1. The minimum atomic E-state index is -0.896. The van der Waals surface area contributed by atoms with Crippen LogP contribution >= 0.6 is 11.3 Å². The van der Waals surface area contributed by atoms with Crippen molar-refractivity contribution in [2.24, 2.45) is 5.92 Å². The largest absolute Gasteiger partial charge is 0.388 e. The van der Waals surface area contributed by atoms with Crippen molar-refractivity contribution in [3.63, 3.8) is 0 Å². The van der Waals surface area contributed by atoms with Gasteiger partial charge in [0, 0.05) is 18.5 Å². The van der Waals surface area contributed by atoms with Crippen molar-refractivity contribution in [3.05, 3.63) is 16.1 Å². The highest BCUT2D eigenvalue weighted by molar-refractivity contribution is 7.09. The number of nitrogens with one attached hydrogen (secondary N) is 1. The normalized spacial score (nSPS) is 15.8. The number of aliphatic hydroxyl groups is 1. The maximum Gasteiger partial charge on any atom is 0.226 e. The molecule has 0 radical (unpaired) electrons. The topological polar surface area (TPSA) is 71.5 Å². The molecule has 5 nitrogen and oxygen atoms in total. The Hall–Kier alpha value is -0.980. The van der Waals surface area contributed by atoms with E-state index in [2.05, 4.69) is 10.3 Å². The van der Waals surface area contributed by atoms with E-state index in [0.29, 0.717) is 6.61 Å². The monoisotopic (exact) mass is 314 g/mol. The van der Waals surface area contributed by atoms with Crippen molar-refractivity contribution in [1.82, 2.24) is 10.3 Å². The smallest absolute Gasteiger partial charge is 0.226 e. The summed E-state index contributed by atoms with van der Waals surface area (Å²) in [5.41, 5.74) is -0.157. The third kappa shape index (κ3) is 5.73. The fourth-order valence-electron chi connectivity index (χ4n) is 1.62. The van der Waals surface area contributed by atoms with Gasteiger partial charge in [0.2, 0.25) is 5.91 Å². The summed E-state index contributed by atoms with van der Waals surface area (Å²) in [7, 11) is 0. The fourth-order valence-corrected chi connectivity index (χ4v) is 2.44. The summed E-state index contributed by atoms with van der Waals surface area (Å²) in [6.45, 7) is 10.4. The lowest BCUT2D eigenvalue weighted by molar-refractivity contribution is -0.122. The number of ether oxygens (including phenoxy) is 1. The summed E-state index contributed by atoms with van der Waals surface area (Å²) in [4.78, 5) is 16.3. The molecule has 120 valence electrons. The summed E-state index contributed by atoms with van der Waals surface area (Å²) in [6, 6.07) is 0. The molecule has 2 unspecified atom stereocenters. The number of rotatable bonds is 8. The average Bonchev–Trinajstić information content (AvgIpc) is 2.85. The van der Waals surface area contributed by atoms with Gasteiger partial charge in [-0.15, -0.1) is 11.3 Å². The van der Waals surface area contributed by atoms with Gasteiger partial charge in [-0.05, 0) is 26.7 Å². The number of hydrogen-bond acceptors (Lipinski definition) is 5. The van der Waals surface area contributed by atoms with E-state index < -0.39 is 5.60 Å². The van der Waals surface area contributed by atoms with E-state index in [0.717, 1.165) is 10.7 Å². The van der Waals surface area contributed by atoms with E-state index in [-0.39, 0.29) is 30.9 Å². The Kier molecular flexibility index (Phi) is 6.77. The highest BCUT2D eigenvalue weighted by Crippen LogP contribution is 2.21. The number of carbonyl (C=O) groups is 1. The first-order valence-electron chi connectivity index (χ1n) is 7.31. The van der Waals surface area contributed by atoms with Crippen LogP contribution in [0.15, 0.2) is 5.38 Å². The molecule has 1 heterocycles. The first-order chi connectivity index (χ1) is 9.76. The molecule has 21 heavy (non-hydrogen) atoms. The summed E-state index contributed by atoms with van der Waals surface area (Å²) < 4.78 is 5.48. The second-order valence-electron chi connectivity index (χ2n) is 5.74. The number of amides is 1. The predicted molar refractivity (Wildman–Crippen MR) is 84.3 cm³/mol. The lowest BCUT2D eigenvalue weighted by Gasteiger charge is -2.27. The van der Waals surface area contributed by atoms with Crippen molar-refractivity contribution >= 4 is 17.2 Å². The molecule has 0 bridgehead atoms. The van der Waals surface area contributed by atoms with Crippen LogP contribution in [-0.4, -0.2) is 34.8 Å². The second-order valence-corrected chi connectivity index (χ2v) is 6.63. The van der Waals surface area contributed by atoms with Crippen LogP contribution in [0.25, 0.3) is 0 Å². The minimum Gasteiger partial charge on any atom is -0.388 e. The standard InChI is InChI=1S/C15H26N2O3S/c1-6-20-11(4)14-17-12(8-21-14)7-13(18)16-9-15(5,19)10(2)3/h8,10-11,19H,6-7,9H2,1-5H3,(H,16,18).